The summed E-state index contributed by atoms with van der Waals surface area (Å²) in [6, 6.07) is 43.3. The lowest BCUT2D eigenvalue weighted by atomic mass is 10.2. The summed E-state index contributed by atoms with van der Waals surface area (Å²) in [5, 5.41) is 0. The first-order valence-electron chi connectivity index (χ1n) is 15.4. The Labute approximate surface area is 285 Å². The van der Waals surface area contributed by atoms with Gasteiger partial charge in [0, 0.05) is 23.8 Å². The fourth-order valence-corrected chi connectivity index (χ4v) is 9.10. The van der Waals surface area contributed by atoms with E-state index in [9.17, 15) is 0 Å². The van der Waals surface area contributed by atoms with Gasteiger partial charge in [-0.15, -0.1) is 0 Å². The lowest BCUT2D eigenvalue weighted by Gasteiger charge is -2.29. The minimum absolute atomic E-state index is 0.624. The molecular formula is C36H24Al2N6O4. The van der Waals surface area contributed by atoms with Crippen LogP contribution in [0.1, 0.15) is 0 Å². The summed E-state index contributed by atoms with van der Waals surface area (Å²) in [4.78, 5) is 19.2. The second kappa shape index (κ2) is 12.4. The largest absolute Gasteiger partial charge is 0.947 e. The van der Waals surface area contributed by atoms with Crippen LogP contribution in [0.5, 0.6) is 11.5 Å². The highest BCUT2D eigenvalue weighted by Gasteiger charge is 2.61. The van der Waals surface area contributed by atoms with Crippen LogP contribution >= 0.6 is 0 Å². The number of hydrogen-bond donors (Lipinski definition) is 0. The number of aromatic nitrogens is 6. The van der Waals surface area contributed by atoms with Gasteiger partial charge in [-0.25, -0.2) is 19.9 Å². The normalized spacial score (nSPS) is 12.8. The summed E-state index contributed by atoms with van der Waals surface area (Å²) in [5.74, 6) is 2.68. The molecule has 1 aliphatic heterocycles. The van der Waals surface area contributed by atoms with Gasteiger partial charge in [0.25, 0.3) is 0 Å². The Bertz CT molecular complexity index is 2230. The predicted molar refractivity (Wildman–Crippen MR) is 184 cm³/mol. The summed E-state index contributed by atoms with van der Waals surface area (Å²) in [7, 11) is 0. The van der Waals surface area contributed by atoms with Crippen LogP contribution < -0.4 is 7.58 Å². The highest BCUT2D eigenvalue weighted by atomic mass is 27.4. The molecule has 0 radical (unpaired) electrons. The average molecular weight is 659 g/mol. The Morgan fingerprint density at radius 1 is 0.458 bits per heavy atom. The van der Waals surface area contributed by atoms with Crippen molar-refractivity contribution in [1.82, 2.24) is 29.1 Å². The maximum Gasteiger partial charge on any atom is 0.947 e. The fourth-order valence-electron chi connectivity index (χ4n) is 5.85. The third-order valence-electron chi connectivity index (χ3n) is 8.01. The van der Waals surface area contributed by atoms with Gasteiger partial charge in [-0.3, -0.25) is 9.13 Å². The van der Waals surface area contributed by atoms with E-state index >= 15 is 0 Å². The highest BCUT2D eigenvalue weighted by molar-refractivity contribution is 6.67. The average Bonchev–Trinajstić information content (AvgIpc) is 3.71. The number of para-hydroxylation sites is 4. The third-order valence-corrected chi connectivity index (χ3v) is 12.5. The second-order valence-electron chi connectivity index (χ2n) is 11.0. The van der Waals surface area contributed by atoms with Crippen molar-refractivity contribution in [2.45, 2.75) is 0 Å². The molecule has 8 aromatic rings. The number of benzene rings is 4. The fraction of sp³-hybridized carbons (Fsp3) is 0. The first-order chi connectivity index (χ1) is 23.8. The van der Waals surface area contributed by atoms with Crippen LogP contribution in [-0.4, -0.2) is 59.4 Å². The molecule has 0 bridgehead atoms. The first kappa shape index (κ1) is 28.9. The van der Waals surface area contributed by atoms with E-state index in [1.807, 2.05) is 143 Å². The summed E-state index contributed by atoms with van der Waals surface area (Å²) in [6.07, 6.45) is 3.55. The topological polar surface area (TPSA) is 98.3 Å². The summed E-state index contributed by atoms with van der Waals surface area (Å²) in [5.41, 5.74) is 6.62. The zero-order chi connectivity index (χ0) is 31.9. The number of pyridine rings is 2. The van der Waals surface area contributed by atoms with Crippen molar-refractivity contribution in [2.24, 2.45) is 0 Å². The van der Waals surface area contributed by atoms with Crippen molar-refractivity contribution < 1.29 is 13.3 Å². The van der Waals surface area contributed by atoms with E-state index < -0.39 is 30.3 Å². The molecule has 9 rings (SSSR count). The Kier molecular flexibility index (Phi) is 7.45. The van der Waals surface area contributed by atoms with Gasteiger partial charge in [0.15, 0.2) is 22.9 Å². The maximum absolute atomic E-state index is 6.37. The lowest BCUT2D eigenvalue weighted by molar-refractivity contribution is 0.145. The minimum Gasteiger partial charge on any atom is -0.600 e. The predicted octanol–water partition coefficient (Wildman–Crippen LogP) is 6.96. The van der Waals surface area contributed by atoms with Gasteiger partial charge in [0.2, 0.25) is 0 Å². The molecule has 0 spiro atoms. The zero-order valence-corrected chi connectivity index (χ0v) is 27.6. The van der Waals surface area contributed by atoms with Crippen LogP contribution in [-0.2, 0) is 5.68 Å². The van der Waals surface area contributed by atoms with E-state index in [1.165, 1.54) is 0 Å². The van der Waals surface area contributed by atoms with Crippen LogP contribution in [0.25, 0.3) is 56.5 Å². The van der Waals surface area contributed by atoms with Crippen LogP contribution in [0.4, 0.5) is 0 Å². The molecule has 0 atom stereocenters. The second-order valence-corrected chi connectivity index (χ2v) is 14.8. The molecule has 228 valence electrons. The van der Waals surface area contributed by atoms with Gasteiger partial charge in [-0.05, 0) is 72.8 Å². The van der Waals surface area contributed by atoms with E-state index in [1.54, 1.807) is 12.4 Å². The van der Waals surface area contributed by atoms with E-state index in [4.69, 9.17) is 23.2 Å². The van der Waals surface area contributed by atoms with Gasteiger partial charge in [-0.2, -0.15) is 0 Å². The van der Waals surface area contributed by atoms with Gasteiger partial charge in [0.05, 0.1) is 22.6 Å². The van der Waals surface area contributed by atoms with Crippen LogP contribution in [0, 0.1) is 0 Å². The summed E-state index contributed by atoms with van der Waals surface area (Å²) >= 11 is -5.05. The number of nitrogens with zero attached hydrogens (tertiary/aromatic N) is 6. The van der Waals surface area contributed by atoms with Crippen LogP contribution in [0.15, 0.2) is 146 Å². The van der Waals surface area contributed by atoms with Gasteiger partial charge in [0.1, 0.15) is 11.0 Å². The molecule has 0 aliphatic carbocycles. The smallest absolute Gasteiger partial charge is 0.600 e. The Morgan fingerprint density at radius 3 is 1.33 bits per heavy atom. The number of imidazole rings is 2. The molecule has 0 N–H and O–H groups in total. The minimum atomic E-state index is -2.52. The van der Waals surface area contributed by atoms with Gasteiger partial charge in [-0.1, -0.05) is 60.7 Å². The number of hydrogen-bond acceptors (Lipinski definition) is 8. The van der Waals surface area contributed by atoms with E-state index in [2.05, 4.69) is 9.97 Å². The summed E-state index contributed by atoms with van der Waals surface area (Å²) in [6.45, 7) is 0. The molecule has 48 heavy (non-hydrogen) atoms. The first-order valence-corrected chi connectivity index (χ1v) is 18.2. The monoisotopic (exact) mass is 658 g/mol. The lowest BCUT2D eigenvalue weighted by Crippen LogP contribution is -2.56. The van der Waals surface area contributed by atoms with Crippen LogP contribution in [0.3, 0.4) is 0 Å². The van der Waals surface area contributed by atoms with Crippen molar-refractivity contribution in [3.05, 3.63) is 146 Å². The quantitative estimate of drug-likeness (QED) is 0.162. The highest BCUT2D eigenvalue weighted by Crippen LogP contribution is 2.37. The van der Waals surface area contributed by atoms with Crippen molar-refractivity contribution in [3.63, 3.8) is 0 Å². The summed E-state index contributed by atoms with van der Waals surface area (Å²) < 4.78 is 29.2. The molecule has 12 heteroatoms. The van der Waals surface area contributed by atoms with Crippen molar-refractivity contribution in [2.75, 3.05) is 0 Å². The molecule has 0 unspecified atom stereocenters. The molecule has 10 nitrogen and oxygen atoms in total. The third kappa shape index (κ3) is 5.24. The Morgan fingerprint density at radius 2 is 0.875 bits per heavy atom. The van der Waals surface area contributed by atoms with E-state index in [-0.39, 0.29) is 0 Å². The Hall–Kier alpha value is -5.30. The standard InChI is InChI=1S/2C18H13N3O.2Al.2O/c2*22-16-11-5-4-9-14(16)17-20-15-10-6-12-19-18(15)21(17)13-7-2-1-3-8-13;;;;/h2*1-12,22H;;;;/q;;2*+1;;/p-2. The molecule has 1 aliphatic rings. The van der Waals surface area contributed by atoms with E-state index in [0.717, 1.165) is 44.8 Å². The molecule has 4 aromatic carbocycles. The van der Waals surface area contributed by atoms with Gasteiger partial charge < -0.3 is 13.3 Å². The van der Waals surface area contributed by atoms with E-state index in [0.29, 0.717) is 23.1 Å². The molecule has 4 aromatic heterocycles. The molecular weight excluding hydrogens is 634 g/mol. The molecule has 1 saturated heterocycles. The number of rotatable bonds is 8. The van der Waals surface area contributed by atoms with Crippen molar-refractivity contribution in [3.8, 4) is 45.6 Å². The van der Waals surface area contributed by atoms with Gasteiger partial charge >= 0.3 is 30.3 Å². The molecule has 0 amide bonds. The van der Waals surface area contributed by atoms with Crippen LogP contribution in [0.2, 0.25) is 0 Å². The molecule has 1 fully saturated rings. The van der Waals surface area contributed by atoms with Crippen molar-refractivity contribution in [1.29, 1.82) is 0 Å². The maximum atomic E-state index is 6.37. The molecule has 5 heterocycles. The van der Waals surface area contributed by atoms with Crippen molar-refractivity contribution >= 4 is 52.6 Å². The molecule has 0 saturated carbocycles. The number of fused-ring (bicyclic) bond motifs is 2. The zero-order valence-electron chi connectivity index (χ0n) is 25.3. The SMILES string of the molecule is c1ccc(-n2c(-c3ccccc3[O][Al]3[O][Al]([O]c4ccccc4-c4nc5cccnc5n4-c4ccccc4)[O]3)nc3cccnc32)cc1. The Balaban J connectivity index is 0.983.